The van der Waals surface area contributed by atoms with Crippen LogP contribution in [0.1, 0.15) is 31.1 Å². The minimum absolute atomic E-state index is 0.217. The summed E-state index contributed by atoms with van der Waals surface area (Å²) >= 11 is 9.65. The predicted molar refractivity (Wildman–Crippen MR) is 111 cm³/mol. The number of halogens is 2. The highest BCUT2D eigenvalue weighted by Crippen LogP contribution is 2.33. The molecule has 5 nitrogen and oxygen atoms in total. The van der Waals surface area contributed by atoms with Crippen LogP contribution in [-0.2, 0) is 0 Å². The highest BCUT2D eigenvalue weighted by molar-refractivity contribution is 9.10. The van der Waals surface area contributed by atoms with Crippen molar-refractivity contribution in [3.05, 3.63) is 92.9 Å². The van der Waals surface area contributed by atoms with E-state index < -0.39 is 11.8 Å². The Morgan fingerprint density at radius 3 is 2.11 bits per heavy atom. The molecule has 0 atom stereocenters. The summed E-state index contributed by atoms with van der Waals surface area (Å²) in [5, 5.41) is 2.95. The van der Waals surface area contributed by atoms with E-state index in [0.29, 0.717) is 32.5 Å². The van der Waals surface area contributed by atoms with Crippen molar-refractivity contribution in [1.29, 1.82) is 0 Å². The molecule has 0 spiro atoms. The van der Waals surface area contributed by atoms with Gasteiger partial charge in [0.2, 0.25) is 0 Å². The predicted octanol–water partition coefficient (Wildman–Crippen LogP) is 5.16. The van der Waals surface area contributed by atoms with Crippen molar-refractivity contribution in [1.82, 2.24) is 0 Å². The van der Waals surface area contributed by atoms with E-state index >= 15 is 0 Å². The fraction of sp³-hybridized carbons (Fsp3) is 0. The maximum absolute atomic E-state index is 12.6. The number of hydrogen-bond donors (Lipinski definition) is 1. The Hall–Kier alpha value is -2.96. The number of carbonyl (C=O) groups excluding carboxylic acids is 3. The van der Waals surface area contributed by atoms with Crippen LogP contribution in [0.5, 0.6) is 0 Å². The van der Waals surface area contributed by atoms with Crippen LogP contribution in [0, 0.1) is 0 Å². The molecule has 3 amide bonds. The summed E-state index contributed by atoms with van der Waals surface area (Å²) in [5.74, 6) is -1.13. The van der Waals surface area contributed by atoms with E-state index in [1.807, 2.05) is 6.07 Å². The number of nitrogens with one attached hydrogen (secondary N) is 1. The monoisotopic (exact) mass is 454 g/mol. The fourth-order valence-corrected chi connectivity index (χ4v) is 3.69. The zero-order valence-corrected chi connectivity index (χ0v) is 16.6. The maximum atomic E-state index is 12.6. The van der Waals surface area contributed by atoms with Crippen molar-refractivity contribution >= 4 is 56.6 Å². The van der Waals surface area contributed by atoms with Crippen molar-refractivity contribution in [2.45, 2.75) is 0 Å². The number of carbonyl (C=O) groups is 3. The van der Waals surface area contributed by atoms with Gasteiger partial charge in [0, 0.05) is 4.47 Å². The number of nitrogens with zero attached hydrogens (tertiary/aromatic N) is 1. The molecule has 3 aromatic carbocycles. The average Bonchev–Trinajstić information content (AvgIpc) is 2.95. The van der Waals surface area contributed by atoms with Crippen molar-refractivity contribution in [3.63, 3.8) is 0 Å². The number of amides is 3. The van der Waals surface area contributed by atoms with Crippen LogP contribution in [-0.4, -0.2) is 17.7 Å². The van der Waals surface area contributed by atoms with E-state index in [1.54, 1.807) is 54.6 Å². The largest absolute Gasteiger partial charge is 0.321 e. The van der Waals surface area contributed by atoms with Crippen LogP contribution in [0.15, 0.2) is 71.2 Å². The summed E-state index contributed by atoms with van der Waals surface area (Å²) in [6.07, 6.45) is 0. The molecule has 0 aromatic heterocycles. The van der Waals surface area contributed by atoms with E-state index in [9.17, 15) is 14.4 Å². The molecular weight excluding hydrogens is 444 g/mol. The molecule has 1 aliphatic heterocycles. The topological polar surface area (TPSA) is 66.5 Å². The number of hydrogen-bond acceptors (Lipinski definition) is 3. The van der Waals surface area contributed by atoms with Crippen LogP contribution in [0.3, 0.4) is 0 Å². The second-order valence-corrected chi connectivity index (χ2v) is 7.35. The Balaban J connectivity index is 1.61. The van der Waals surface area contributed by atoms with Crippen LogP contribution in [0.25, 0.3) is 0 Å². The molecule has 1 heterocycles. The van der Waals surface area contributed by atoms with Gasteiger partial charge in [0.05, 0.1) is 33.1 Å². The summed E-state index contributed by atoms with van der Waals surface area (Å²) in [4.78, 5) is 38.7. The first-order valence-corrected chi connectivity index (χ1v) is 9.47. The molecule has 28 heavy (non-hydrogen) atoms. The van der Waals surface area contributed by atoms with Crippen LogP contribution < -0.4 is 10.2 Å². The van der Waals surface area contributed by atoms with Gasteiger partial charge in [-0.25, -0.2) is 4.90 Å². The number of imide groups is 1. The van der Waals surface area contributed by atoms with E-state index in [4.69, 9.17) is 11.6 Å². The molecule has 0 aliphatic carbocycles. The lowest BCUT2D eigenvalue weighted by Crippen LogP contribution is -2.29. The third-order valence-corrected chi connectivity index (χ3v) is 5.38. The molecule has 1 N–H and O–H groups in total. The Bertz CT molecular complexity index is 1110. The van der Waals surface area contributed by atoms with Crippen molar-refractivity contribution < 1.29 is 14.4 Å². The highest BCUT2D eigenvalue weighted by Gasteiger charge is 2.36. The smallest absolute Gasteiger partial charge is 0.266 e. The van der Waals surface area contributed by atoms with Gasteiger partial charge in [-0.1, -0.05) is 35.9 Å². The minimum Gasteiger partial charge on any atom is -0.321 e. The molecule has 7 heteroatoms. The lowest BCUT2D eigenvalue weighted by molar-refractivity contribution is 0.0924. The molecule has 0 saturated carbocycles. The molecule has 0 unspecified atom stereocenters. The summed E-state index contributed by atoms with van der Waals surface area (Å²) in [6, 6.07) is 18.3. The van der Waals surface area contributed by atoms with Gasteiger partial charge in [0.1, 0.15) is 0 Å². The van der Waals surface area contributed by atoms with Gasteiger partial charge >= 0.3 is 0 Å². The van der Waals surface area contributed by atoms with Gasteiger partial charge in [-0.3, -0.25) is 14.4 Å². The first kappa shape index (κ1) is 18.4. The normalized spacial score (nSPS) is 12.9. The minimum atomic E-state index is -0.401. The summed E-state index contributed by atoms with van der Waals surface area (Å²) in [6.45, 7) is 0. The first-order chi connectivity index (χ1) is 13.5. The first-order valence-electron chi connectivity index (χ1n) is 8.30. The van der Waals surface area contributed by atoms with Gasteiger partial charge in [0.15, 0.2) is 0 Å². The molecule has 138 valence electrons. The maximum Gasteiger partial charge on any atom is 0.266 e. The molecule has 4 rings (SSSR count). The number of anilines is 2. The summed E-state index contributed by atoms with van der Waals surface area (Å²) in [7, 11) is 0. The van der Waals surface area contributed by atoms with E-state index in [-0.39, 0.29) is 10.9 Å². The van der Waals surface area contributed by atoms with Gasteiger partial charge in [-0.05, 0) is 58.4 Å². The van der Waals surface area contributed by atoms with Crippen LogP contribution >= 0.6 is 27.5 Å². The van der Waals surface area contributed by atoms with Gasteiger partial charge < -0.3 is 5.32 Å². The lowest BCUT2D eigenvalue weighted by Gasteiger charge is -2.16. The van der Waals surface area contributed by atoms with Crippen molar-refractivity contribution in [2.75, 3.05) is 10.2 Å². The summed E-state index contributed by atoms with van der Waals surface area (Å²) < 4.78 is 0.659. The van der Waals surface area contributed by atoms with Gasteiger partial charge in [0.25, 0.3) is 17.7 Å². The molecule has 0 fully saturated rings. The molecular formula is C21H12BrClN2O3. The lowest BCUT2D eigenvalue weighted by atomic mass is 10.1. The van der Waals surface area contributed by atoms with Gasteiger partial charge in [-0.2, -0.15) is 0 Å². The van der Waals surface area contributed by atoms with Crippen LogP contribution in [0.4, 0.5) is 11.4 Å². The SMILES string of the molecule is O=C(Nc1ccc(N2C(=O)c3ccccc3C2=O)cc1Cl)c1ccccc1Br. The number of benzene rings is 3. The number of fused-ring (bicyclic) bond motifs is 1. The summed E-state index contributed by atoms with van der Waals surface area (Å²) in [5.41, 5.74) is 1.89. The zero-order chi connectivity index (χ0) is 19.8. The Kier molecular flexibility index (Phi) is 4.75. The Labute approximate surface area is 174 Å². The quantitative estimate of drug-likeness (QED) is 0.555. The third-order valence-electron chi connectivity index (χ3n) is 4.37. The zero-order valence-electron chi connectivity index (χ0n) is 14.3. The molecule has 0 saturated heterocycles. The van der Waals surface area contributed by atoms with Gasteiger partial charge in [-0.15, -0.1) is 0 Å². The van der Waals surface area contributed by atoms with Crippen LogP contribution in [0.2, 0.25) is 5.02 Å². The second-order valence-electron chi connectivity index (χ2n) is 6.09. The van der Waals surface area contributed by atoms with E-state index in [0.717, 1.165) is 4.90 Å². The third kappa shape index (κ3) is 3.10. The van der Waals surface area contributed by atoms with E-state index in [2.05, 4.69) is 21.2 Å². The second kappa shape index (κ2) is 7.22. The Morgan fingerprint density at radius 1 is 0.893 bits per heavy atom. The highest BCUT2D eigenvalue weighted by atomic mass is 79.9. The van der Waals surface area contributed by atoms with E-state index in [1.165, 1.54) is 6.07 Å². The Morgan fingerprint density at radius 2 is 1.50 bits per heavy atom. The standard InChI is InChI=1S/C21H12BrClN2O3/c22-16-8-4-3-7-15(16)19(26)24-18-10-9-12(11-17(18)23)25-20(27)13-5-1-2-6-14(13)21(25)28/h1-11H,(H,24,26). The molecule has 0 bridgehead atoms. The van der Waals surface area contributed by atoms with Crippen molar-refractivity contribution in [3.8, 4) is 0 Å². The average molecular weight is 456 g/mol. The number of rotatable bonds is 3. The molecule has 3 aromatic rings. The van der Waals surface area contributed by atoms with Crippen molar-refractivity contribution in [2.24, 2.45) is 0 Å². The molecule has 0 radical (unpaired) electrons. The molecule has 1 aliphatic rings. The fourth-order valence-electron chi connectivity index (χ4n) is 3.00.